The normalized spacial score (nSPS) is 10.2. The minimum atomic E-state index is 0.653. The fraction of sp³-hybridized carbons (Fsp3) is 0.538. The van der Waals surface area contributed by atoms with Crippen molar-refractivity contribution >= 4 is 0 Å². The molecule has 1 aromatic rings. The van der Waals surface area contributed by atoms with E-state index in [2.05, 4.69) is 6.07 Å². The highest BCUT2D eigenvalue weighted by Crippen LogP contribution is 2.28. The molecule has 0 amide bonds. The molecule has 0 bridgehead atoms. The van der Waals surface area contributed by atoms with E-state index in [1.54, 1.807) is 0 Å². The molecule has 3 heteroatoms. The van der Waals surface area contributed by atoms with Gasteiger partial charge in [0, 0.05) is 0 Å². The number of hydrogen-bond donors (Lipinski definition) is 1. The molecule has 0 aliphatic heterocycles. The molecule has 2 N–H and O–H groups in total. The zero-order valence-electron chi connectivity index (χ0n) is 10.2. The summed E-state index contributed by atoms with van der Waals surface area (Å²) in [7, 11) is 0. The minimum Gasteiger partial charge on any atom is -0.490 e. The van der Waals surface area contributed by atoms with Gasteiger partial charge in [0.2, 0.25) is 0 Å². The van der Waals surface area contributed by atoms with Gasteiger partial charge in [-0.25, -0.2) is 0 Å². The zero-order valence-corrected chi connectivity index (χ0v) is 10.2. The van der Waals surface area contributed by atoms with E-state index in [4.69, 9.17) is 15.2 Å². The molecule has 0 fully saturated rings. The van der Waals surface area contributed by atoms with Crippen LogP contribution in [0.3, 0.4) is 0 Å². The van der Waals surface area contributed by atoms with Crippen molar-refractivity contribution in [2.24, 2.45) is 5.73 Å². The van der Waals surface area contributed by atoms with Crippen molar-refractivity contribution in [3.8, 4) is 11.5 Å². The maximum Gasteiger partial charge on any atom is 0.161 e. The summed E-state index contributed by atoms with van der Waals surface area (Å²) in [4.78, 5) is 0. The van der Waals surface area contributed by atoms with Crippen molar-refractivity contribution in [1.82, 2.24) is 0 Å². The summed E-state index contributed by atoms with van der Waals surface area (Å²) in [5.74, 6) is 1.65. The Labute approximate surface area is 97.6 Å². The maximum atomic E-state index is 5.55. The van der Waals surface area contributed by atoms with Crippen LogP contribution in [0, 0.1) is 0 Å². The minimum absolute atomic E-state index is 0.653. The number of nitrogens with two attached hydrogens (primary N) is 1. The average molecular weight is 223 g/mol. The lowest BCUT2D eigenvalue weighted by molar-refractivity contribution is 0.287. The SMILES string of the molecule is CCOc1ccc(CCCN)cc1OCC. The number of hydrogen-bond acceptors (Lipinski definition) is 3. The third kappa shape index (κ3) is 3.74. The van der Waals surface area contributed by atoms with Gasteiger partial charge in [0.1, 0.15) is 0 Å². The molecule has 0 unspecified atom stereocenters. The third-order valence-electron chi connectivity index (χ3n) is 2.28. The predicted molar refractivity (Wildman–Crippen MR) is 66.2 cm³/mol. The molecular weight excluding hydrogens is 202 g/mol. The molecule has 16 heavy (non-hydrogen) atoms. The summed E-state index contributed by atoms with van der Waals surface area (Å²) < 4.78 is 11.1. The molecule has 0 radical (unpaired) electrons. The van der Waals surface area contributed by atoms with Gasteiger partial charge in [-0.3, -0.25) is 0 Å². The standard InChI is InChI=1S/C13H21NO2/c1-3-15-12-8-7-11(6-5-9-14)10-13(12)16-4-2/h7-8,10H,3-6,9,14H2,1-2H3. The highest BCUT2D eigenvalue weighted by molar-refractivity contribution is 5.43. The summed E-state index contributed by atoms with van der Waals surface area (Å²) in [5.41, 5.74) is 6.74. The van der Waals surface area contributed by atoms with Crippen molar-refractivity contribution in [3.05, 3.63) is 23.8 Å². The van der Waals surface area contributed by atoms with E-state index in [9.17, 15) is 0 Å². The van der Waals surface area contributed by atoms with Crippen molar-refractivity contribution in [2.75, 3.05) is 19.8 Å². The van der Waals surface area contributed by atoms with Crippen LogP contribution in [0.4, 0.5) is 0 Å². The van der Waals surface area contributed by atoms with Crippen LogP contribution >= 0.6 is 0 Å². The Bertz CT molecular complexity index is 313. The topological polar surface area (TPSA) is 44.5 Å². The average Bonchev–Trinajstić information content (AvgIpc) is 2.30. The first kappa shape index (κ1) is 12.8. The number of ether oxygens (including phenoxy) is 2. The van der Waals surface area contributed by atoms with Crippen LogP contribution in [0.1, 0.15) is 25.8 Å². The lowest BCUT2D eigenvalue weighted by Crippen LogP contribution is -2.02. The van der Waals surface area contributed by atoms with Gasteiger partial charge in [0.15, 0.2) is 11.5 Å². The molecule has 0 aliphatic rings. The first-order valence-electron chi connectivity index (χ1n) is 5.90. The lowest BCUT2D eigenvalue weighted by atomic mass is 10.1. The number of benzene rings is 1. The van der Waals surface area contributed by atoms with Crippen LogP contribution in [0.25, 0.3) is 0 Å². The molecule has 0 saturated heterocycles. The van der Waals surface area contributed by atoms with Crippen molar-refractivity contribution in [2.45, 2.75) is 26.7 Å². The van der Waals surface area contributed by atoms with Crippen molar-refractivity contribution < 1.29 is 9.47 Å². The monoisotopic (exact) mass is 223 g/mol. The third-order valence-corrected chi connectivity index (χ3v) is 2.28. The molecule has 0 heterocycles. The van der Waals surface area contributed by atoms with Gasteiger partial charge in [-0.2, -0.15) is 0 Å². The molecule has 1 aromatic carbocycles. The van der Waals surface area contributed by atoms with Crippen molar-refractivity contribution in [3.63, 3.8) is 0 Å². The lowest BCUT2D eigenvalue weighted by Gasteiger charge is -2.12. The van der Waals surface area contributed by atoms with Crippen molar-refractivity contribution in [1.29, 1.82) is 0 Å². The summed E-state index contributed by atoms with van der Waals surface area (Å²) in [6.45, 7) is 5.97. The number of aryl methyl sites for hydroxylation is 1. The first-order chi connectivity index (χ1) is 7.81. The summed E-state index contributed by atoms with van der Waals surface area (Å²) in [6.07, 6.45) is 1.99. The highest BCUT2D eigenvalue weighted by Gasteiger charge is 2.05. The van der Waals surface area contributed by atoms with E-state index in [0.717, 1.165) is 30.9 Å². The first-order valence-corrected chi connectivity index (χ1v) is 5.90. The molecule has 3 nitrogen and oxygen atoms in total. The zero-order chi connectivity index (χ0) is 11.8. The van der Waals surface area contributed by atoms with Gasteiger partial charge in [0.05, 0.1) is 13.2 Å². The van der Waals surface area contributed by atoms with Gasteiger partial charge in [-0.15, -0.1) is 0 Å². The largest absolute Gasteiger partial charge is 0.490 e. The van der Waals surface area contributed by atoms with Gasteiger partial charge in [0.25, 0.3) is 0 Å². The Balaban J connectivity index is 2.79. The van der Waals surface area contributed by atoms with E-state index in [0.29, 0.717) is 13.2 Å². The molecule has 0 aliphatic carbocycles. The quantitative estimate of drug-likeness (QED) is 0.772. The van der Waals surface area contributed by atoms with Gasteiger partial charge < -0.3 is 15.2 Å². The second-order valence-corrected chi connectivity index (χ2v) is 3.54. The Kier molecular flexibility index (Phi) is 5.72. The number of rotatable bonds is 7. The molecule has 0 atom stereocenters. The van der Waals surface area contributed by atoms with Gasteiger partial charge in [-0.05, 0) is 50.9 Å². The van der Waals surface area contributed by atoms with E-state index < -0.39 is 0 Å². The summed E-state index contributed by atoms with van der Waals surface area (Å²) >= 11 is 0. The molecule has 0 saturated carbocycles. The van der Waals surface area contributed by atoms with Crippen LogP contribution in [-0.4, -0.2) is 19.8 Å². The highest BCUT2D eigenvalue weighted by atomic mass is 16.5. The summed E-state index contributed by atoms with van der Waals surface area (Å²) in [6, 6.07) is 6.09. The fourth-order valence-electron chi connectivity index (χ4n) is 1.56. The second-order valence-electron chi connectivity index (χ2n) is 3.54. The Hall–Kier alpha value is -1.22. The maximum absolute atomic E-state index is 5.55. The van der Waals surface area contributed by atoms with Gasteiger partial charge in [-0.1, -0.05) is 6.07 Å². The van der Waals surface area contributed by atoms with Crippen LogP contribution in [0.2, 0.25) is 0 Å². The Morgan fingerprint density at radius 3 is 2.38 bits per heavy atom. The summed E-state index contributed by atoms with van der Waals surface area (Å²) in [5, 5.41) is 0. The fourth-order valence-corrected chi connectivity index (χ4v) is 1.56. The smallest absolute Gasteiger partial charge is 0.161 e. The van der Waals surface area contributed by atoms with Gasteiger partial charge >= 0.3 is 0 Å². The molecule has 0 spiro atoms. The molecule has 90 valence electrons. The van der Waals surface area contributed by atoms with Crippen LogP contribution in [-0.2, 0) is 6.42 Å². The Morgan fingerprint density at radius 1 is 1.06 bits per heavy atom. The van der Waals surface area contributed by atoms with E-state index in [1.807, 2.05) is 26.0 Å². The Morgan fingerprint density at radius 2 is 1.75 bits per heavy atom. The van der Waals surface area contributed by atoms with Crippen LogP contribution in [0.15, 0.2) is 18.2 Å². The molecule has 0 aromatic heterocycles. The molecule has 1 rings (SSSR count). The second kappa shape index (κ2) is 7.12. The van der Waals surface area contributed by atoms with E-state index in [-0.39, 0.29) is 0 Å². The molecular formula is C13H21NO2. The van der Waals surface area contributed by atoms with E-state index in [1.165, 1.54) is 5.56 Å². The van der Waals surface area contributed by atoms with Crippen LogP contribution < -0.4 is 15.2 Å². The van der Waals surface area contributed by atoms with Crippen LogP contribution in [0.5, 0.6) is 11.5 Å². The predicted octanol–water partition coefficient (Wildman–Crippen LogP) is 2.38. The van der Waals surface area contributed by atoms with E-state index >= 15 is 0 Å².